The zero-order valence-electron chi connectivity index (χ0n) is 14.6. The van der Waals surface area contributed by atoms with Crippen LogP contribution in [-0.2, 0) is 6.42 Å². The van der Waals surface area contributed by atoms with Crippen molar-refractivity contribution in [3.63, 3.8) is 0 Å². The van der Waals surface area contributed by atoms with E-state index in [1.165, 1.54) is 19.3 Å². The highest BCUT2D eigenvalue weighted by atomic mass is 32.3. The molecule has 1 heterocycles. The lowest BCUT2D eigenvalue weighted by atomic mass is 9.94. The van der Waals surface area contributed by atoms with E-state index in [4.69, 9.17) is 5.73 Å². The quantitative estimate of drug-likeness (QED) is 0.797. The second-order valence-corrected chi connectivity index (χ2v) is 9.33. The number of hydrogen-bond acceptors (Lipinski definition) is 2. The Hall–Kier alpha value is -1.75. The Morgan fingerprint density at radius 3 is 2.60 bits per heavy atom. The van der Waals surface area contributed by atoms with Gasteiger partial charge in [-0.3, -0.25) is 4.79 Å². The van der Waals surface area contributed by atoms with E-state index in [-0.39, 0.29) is 5.75 Å². The molecule has 0 saturated heterocycles. The Morgan fingerprint density at radius 2 is 1.92 bits per heavy atom. The van der Waals surface area contributed by atoms with E-state index >= 15 is 3.89 Å². The standard InChI is InChI=1S/C20H27FN2OS/c21-25(20(22)24,16-14-17-9-3-1-4-10-17)19-13-7-8-15-23(19)18-11-5-2-6-12-18/h1,3-4,7-10,13,18H,2,5-6,11-12,14-16H2,(H2,22,24). The molecule has 1 atom stereocenters. The van der Waals surface area contributed by atoms with Crippen LogP contribution >= 0.6 is 10.4 Å². The topological polar surface area (TPSA) is 46.3 Å². The molecule has 136 valence electrons. The van der Waals surface area contributed by atoms with Gasteiger partial charge in [-0.25, -0.2) is 0 Å². The van der Waals surface area contributed by atoms with Crippen LogP contribution in [0.2, 0.25) is 0 Å². The molecular formula is C20H27FN2OS. The highest BCUT2D eigenvalue weighted by molar-refractivity contribution is 8.44. The maximum atomic E-state index is 16.0. The van der Waals surface area contributed by atoms with Crippen LogP contribution in [0.4, 0.5) is 8.68 Å². The lowest BCUT2D eigenvalue weighted by molar-refractivity contribution is 0.226. The molecule has 1 aliphatic heterocycles. The van der Waals surface area contributed by atoms with Crippen molar-refractivity contribution < 1.29 is 8.68 Å². The highest BCUT2D eigenvalue weighted by Gasteiger charge is 2.40. The summed E-state index contributed by atoms with van der Waals surface area (Å²) in [5.74, 6) is 0.162. The maximum Gasteiger partial charge on any atom is 0.291 e. The van der Waals surface area contributed by atoms with Gasteiger partial charge in [-0.2, -0.15) is 3.89 Å². The number of benzene rings is 1. The van der Waals surface area contributed by atoms with E-state index in [0.717, 1.165) is 18.4 Å². The van der Waals surface area contributed by atoms with Crippen molar-refractivity contribution in [1.29, 1.82) is 0 Å². The summed E-state index contributed by atoms with van der Waals surface area (Å²) in [5, 5.41) is -0.267. The molecule has 2 aliphatic rings. The maximum absolute atomic E-state index is 16.0. The smallest absolute Gasteiger partial charge is 0.291 e. The average Bonchev–Trinajstić information content (AvgIpc) is 2.67. The molecule has 1 aromatic rings. The number of nitrogens with two attached hydrogens (primary N) is 1. The molecule has 1 unspecified atom stereocenters. The summed E-state index contributed by atoms with van der Waals surface area (Å²) >= 11 is 0. The molecule has 2 N–H and O–H groups in total. The first-order valence-electron chi connectivity index (χ1n) is 9.09. The van der Waals surface area contributed by atoms with Gasteiger partial charge in [0.25, 0.3) is 5.24 Å². The lowest BCUT2D eigenvalue weighted by Gasteiger charge is -2.43. The van der Waals surface area contributed by atoms with Crippen LogP contribution in [0.1, 0.15) is 37.7 Å². The Labute approximate surface area is 151 Å². The first kappa shape index (κ1) is 18.1. The summed E-state index contributed by atoms with van der Waals surface area (Å²) in [6, 6.07) is 10.1. The molecular weight excluding hydrogens is 335 g/mol. The number of allylic oxidation sites excluding steroid dienone is 2. The van der Waals surface area contributed by atoms with E-state index in [1.54, 1.807) is 6.08 Å². The van der Waals surface area contributed by atoms with Crippen LogP contribution in [0.3, 0.4) is 0 Å². The third kappa shape index (κ3) is 4.09. The van der Waals surface area contributed by atoms with Gasteiger partial charge in [0, 0.05) is 28.8 Å². The number of carbonyl (C=O) groups is 1. The fraction of sp³-hybridized carbons (Fsp3) is 0.450. The third-order valence-corrected chi connectivity index (χ3v) is 7.58. The fourth-order valence-corrected chi connectivity index (χ4v) is 5.76. The Morgan fingerprint density at radius 1 is 1.20 bits per heavy atom. The number of carbonyl (C=O) groups excluding carboxylic acids is 1. The van der Waals surface area contributed by atoms with E-state index in [1.807, 2.05) is 42.5 Å². The van der Waals surface area contributed by atoms with Crippen LogP contribution in [-0.4, -0.2) is 28.5 Å². The summed E-state index contributed by atoms with van der Waals surface area (Å²) in [7, 11) is -3.18. The number of hydrogen-bond donors (Lipinski definition) is 1. The van der Waals surface area contributed by atoms with Gasteiger partial charge in [0.15, 0.2) is 0 Å². The normalized spacial score (nSPS) is 22.1. The van der Waals surface area contributed by atoms with Crippen molar-refractivity contribution in [2.24, 2.45) is 5.73 Å². The first-order valence-corrected chi connectivity index (χ1v) is 10.8. The minimum absolute atomic E-state index is 0.162. The average molecular weight is 363 g/mol. The number of aryl methyl sites for hydroxylation is 1. The van der Waals surface area contributed by atoms with Gasteiger partial charge >= 0.3 is 0 Å². The molecule has 3 nitrogen and oxygen atoms in total. The minimum Gasteiger partial charge on any atom is -0.360 e. The van der Waals surface area contributed by atoms with Gasteiger partial charge in [-0.1, -0.05) is 61.7 Å². The monoisotopic (exact) mass is 362 g/mol. The fourth-order valence-electron chi connectivity index (χ4n) is 3.74. The van der Waals surface area contributed by atoms with Gasteiger partial charge in [0.05, 0.1) is 5.03 Å². The molecule has 1 fully saturated rings. The molecule has 1 aliphatic carbocycles. The molecule has 1 saturated carbocycles. The van der Waals surface area contributed by atoms with E-state index in [9.17, 15) is 4.79 Å². The molecule has 25 heavy (non-hydrogen) atoms. The highest BCUT2D eigenvalue weighted by Crippen LogP contribution is 2.59. The van der Waals surface area contributed by atoms with Crippen LogP contribution in [0.15, 0.2) is 53.6 Å². The SMILES string of the molecule is NC(=O)S(F)(CCc1ccccc1)C1=CC=CCN1C1CCCCC1. The first-order chi connectivity index (χ1) is 12.1. The zero-order chi connectivity index (χ0) is 17.7. The number of halogens is 1. The summed E-state index contributed by atoms with van der Waals surface area (Å²) in [6.07, 6.45) is 11.9. The van der Waals surface area contributed by atoms with E-state index in [2.05, 4.69) is 4.90 Å². The molecule has 1 aromatic carbocycles. The molecule has 1 amide bonds. The van der Waals surface area contributed by atoms with Crippen molar-refractivity contribution in [1.82, 2.24) is 4.90 Å². The Bertz CT molecular complexity index is 655. The summed E-state index contributed by atoms with van der Waals surface area (Å²) in [6.45, 7) is 0.674. The van der Waals surface area contributed by atoms with Crippen LogP contribution < -0.4 is 5.73 Å². The molecule has 0 radical (unpaired) electrons. The predicted octanol–water partition coefficient (Wildman–Crippen LogP) is 5.04. The molecule has 5 heteroatoms. The van der Waals surface area contributed by atoms with Crippen LogP contribution in [0, 0.1) is 0 Å². The van der Waals surface area contributed by atoms with Crippen molar-refractivity contribution in [2.75, 3.05) is 12.3 Å². The number of nitrogens with zero attached hydrogens (tertiary/aromatic N) is 1. The lowest BCUT2D eigenvalue weighted by Crippen LogP contribution is -2.40. The van der Waals surface area contributed by atoms with Gasteiger partial charge in [-0.15, -0.1) is 0 Å². The van der Waals surface area contributed by atoms with Gasteiger partial charge in [0.2, 0.25) is 0 Å². The minimum atomic E-state index is -3.18. The second kappa shape index (κ2) is 8.09. The summed E-state index contributed by atoms with van der Waals surface area (Å²) in [5.41, 5.74) is 6.63. The van der Waals surface area contributed by atoms with E-state index < -0.39 is 15.7 Å². The zero-order valence-corrected chi connectivity index (χ0v) is 15.4. The molecule has 3 rings (SSSR count). The molecule has 0 spiro atoms. The van der Waals surface area contributed by atoms with Crippen LogP contribution in [0.25, 0.3) is 0 Å². The number of amides is 1. The predicted molar refractivity (Wildman–Crippen MR) is 104 cm³/mol. The summed E-state index contributed by atoms with van der Waals surface area (Å²) in [4.78, 5) is 14.3. The van der Waals surface area contributed by atoms with E-state index in [0.29, 0.717) is 24.0 Å². The van der Waals surface area contributed by atoms with Gasteiger partial charge in [-0.05, 0) is 30.9 Å². The number of rotatable bonds is 5. The second-order valence-electron chi connectivity index (χ2n) is 6.79. The summed E-state index contributed by atoms with van der Waals surface area (Å²) < 4.78 is 16.0. The largest absolute Gasteiger partial charge is 0.360 e. The molecule has 0 bridgehead atoms. The Balaban J connectivity index is 1.82. The van der Waals surface area contributed by atoms with Crippen molar-refractivity contribution in [2.45, 2.75) is 44.6 Å². The van der Waals surface area contributed by atoms with Crippen LogP contribution in [0.5, 0.6) is 0 Å². The number of primary amides is 1. The van der Waals surface area contributed by atoms with Crippen molar-refractivity contribution in [3.8, 4) is 0 Å². The van der Waals surface area contributed by atoms with Crippen molar-refractivity contribution >= 4 is 15.7 Å². The van der Waals surface area contributed by atoms with Crippen molar-refractivity contribution in [3.05, 3.63) is 59.2 Å². The third-order valence-electron chi connectivity index (χ3n) is 5.14. The van der Waals surface area contributed by atoms with Gasteiger partial charge < -0.3 is 10.6 Å². The van der Waals surface area contributed by atoms with Gasteiger partial charge in [0.1, 0.15) is 0 Å². The molecule has 0 aromatic heterocycles. The Kier molecular flexibility index (Phi) is 5.84.